The summed E-state index contributed by atoms with van der Waals surface area (Å²) in [5.74, 6) is 0. The molecule has 4 nitrogen and oxygen atoms in total. The van der Waals surface area contributed by atoms with Crippen molar-refractivity contribution in [3.63, 3.8) is 0 Å². The highest BCUT2D eigenvalue weighted by molar-refractivity contribution is 5.30. The van der Waals surface area contributed by atoms with Gasteiger partial charge in [0.2, 0.25) is 0 Å². The molecule has 1 atom stereocenters. The number of rotatable bonds is 4. The number of nitrogens with zero attached hydrogens (tertiary/aromatic N) is 2. The summed E-state index contributed by atoms with van der Waals surface area (Å²) in [7, 11) is 4.33. The molecule has 1 N–H and O–H groups in total. The van der Waals surface area contributed by atoms with Crippen molar-refractivity contribution in [3.05, 3.63) is 68.6 Å². The van der Waals surface area contributed by atoms with Crippen molar-refractivity contribution in [1.82, 2.24) is 14.8 Å². The van der Waals surface area contributed by atoms with Gasteiger partial charge in [0.25, 0.3) is 0 Å². The van der Waals surface area contributed by atoms with Crippen molar-refractivity contribution < 1.29 is 0 Å². The quantitative estimate of drug-likeness (QED) is 0.939. The summed E-state index contributed by atoms with van der Waals surface area (Å²) in [6.45, 7) is 6.54. The zero-order valence-electron chi connectivity index (χ0n) is 15.1. The van der Waals surface area contributed by atoms with Gasteiger partial charge < -0.3 is 4.98 Å². The van der Waals surface area contributed by atoms with Gasteiger partial charge in [-0.2, -0.15) is 0 Å². The Kier molecular flexibility index (Phi) is 4.88. The van der Waals surface area contributed by atoms with E-state index in [2.05, 4.69) is 53.1 Å². The molecular weight excluding hydrogens is 298 g/mol. The molecule has 1 unspecified atom stereocenters. The van der Waals surface area contributed by atoms with E-state index in [0.29, 0.717) is 6.04 Å². The number of fused-ring (bicyclic) bond motifs is 1. The molecule has 128 valence electrons. The summed E-state index contributed by atoms with van der Waals surface area (Å²) in [6, 6.07) is 9.23. The molecule has 0 fully saturated rings. The first-order valence-electron chi connectivity index (χ1n) is 8.59. The first-order valence-corrected chi connectivity index (χ1v) is 8.59. The maximum atomic E-state index is 12.1. The van der Waals surface area contributed by atoms with Crippen LogP contribution in [0.25, 0.3) is 0 Å². The molecule has 1 aliphatic heterocycles. The van der Waals surface area contributed by atoms with Crippen LogP contribution in [0.4, 0.5) is 0 Å². The largest absolute Gasteiger partial charge is 0.363 e. The van der Waals surface area contributed by atoms with Crippen LogP contribution in [0.5, 0.6) is 0 Å². The van der Waals surface area contributed by atoms with Gasteiger partial charge in [0.05, 0.1) is 0 Å². The van der Waals surface area contributed by atoms with Crippen LogP contribution < -0.4 is 5.43 Å². The van der Waals surface area contributed by atoms with E-state index >= 15 is 0 Å². The highest BCUT2D eigenvalue weighted by atomic mass is 16.1. The number of likely N-dealkylation sites (N-methyl/N-ethyl adjacent to an activating group) is 2. The van der Waals surface area contributed by atoms with Gasteiger partial charge in [0.1, 0.15) is 0 Å². The third kappa shape index (κ3) is 3.45. The van der Waals surface area contributed by atoms with Gasteiger partial charge in [-0.05, 0) is 45.5 Å². The molecule has 4 heteroatoms. The zero-order valence-corrected chi connectivity index (χ0v) is 15.1. The zero-order chi connectivity index (χ0) is 17.3. The molecule has 2 aromatic rings. The van der Waals surface area contributed by atoms with E-state index < -0.39 is 0 Å². The number of nitrogens with one attached hydrogen (secondary N) is 1. The molecule has 1 aromatic heterocycles. The van der Waals surface area contributed by atoms with Crippen molar-refractivity contribution >= 4 is 0 Å². The van der Waals surface area contributed by atoms with Gasteiger partial charge in [0.15, 0.2) is 5.43 Å². The molecule has 1 aliphatic rings. The van der Waals surface area contributed by atoms with Gasteiger partial charge in [-0.25, -0.2) is 0 Å². The first-order chi connectivity index (χ1) is 11.5. The average molecular weight is 325 g/mol. The standard InChI is InChI=1S/C20H27N3O/c1-14-10-21-19(15(2)20(14)24)13-22(3)12-18-9-16-7-5-6-8-17(16)11-23(18)4/h5-8,10,18H,9,11-13H2,1-4H3,(H,21,24). The molecule has 2 heterocycles. The molecule has 0 aliphatic carbocycles. The summed E-state index contributed by atoms with van der Waals surface area (Å²) in [5.41, 5.74) is 5.70. The molecular formula is C20H27N3O. The molecule has 3 rings (SSSR count). The number of hydrogen-bond acceptors (Lipinski definition) is 3. The summed E-state index contributed by atoms with van der Waals surface area (Å²) < 4.78 is 0. The van der Waals surface area contributed by atoms with Crippen molar-refractivity contribution in [2.45, 2.75) is 39.4 Å². The lowest BCUT2D eigenvalue weighted by atomic mass is 9.94. The molecule has 0 saturated carbocycles. The van der Waals surface area contributed by atoms with Crippen LogP contribution >= 0.6 is 0 Å². The Balaban J connectivity index is 1.68. The van der Waals surface area contributed by atoms with E-state index in [1.165, 1.54) is 11.1 Å². The fourth-order valence-corrected chi connectivity index (χ4v) is 3.58. The number of H-pyrrole nitrogens is 1. The van der Waals surface area contributed by atoms with Gasteiger partial charge in [-0.1, -0.05) is 24.3 Å². The van der Waals surface area contributed by atoms with E-state index in [9.17, 15) is 4.79 Å². The predicted octanol–water partition coefficient (Wildman–Crippen LogP) is 2.48. The fraction of sp³-hybridized carbons (Fsp3) is 0.450. The van der Waals surface area contributed by atoms with Crippen molar-refractivity contribution in [2.75, 3.05) is 20.6 Å². The lowest BCUT2D eigenvalue weighted by Gasteiger charge is -2.36. The number of aromatic nitrogens is 1. The molecule has 0 spiro atoms. The highest BCUT2D eigenvalue weighted by Crippen LogP contribution is 2.22. The number of aromatic amines is 1. The SMILES string of the molecule is Cc1c[nH]c(CN(C)CC2Cc3ccccc3CN2C)c(C)c1=O. The maximum Gasteiger partial charge on any atom is 0.187 e. The highest BCUT2D eigenvalue weighted by Gasteiger charge is 2.24. The Morgan fingerprint density at radius 1 is 1.25 bits per heavy atom. The molecule has 1 aromatic carbocycles. The second kappa shape index (κ2) is 6.91. The minimum Gasteiger partial charge on any atom is -0.363 e. The monoisotopic (exact) mass is 325 g/mol. The molecule has 0 amide bonds. The minimum atomic E-state index is 0.154. The maximum absolute atomic E-state index is 12.1. The molecule has 24 heavy (non-hydrogen) atoms. The smallest absolute Gasteiger partial charge is 0.187 e. The lowest BCUT2D eigenvalue weighted by Crippen LogP contribution is -2.44. The van der Waals surface area contributed by atoms with E-state index in [1.807, 2.05) is 20.0 Å². The topological polar surface area (TPSA) is 39.3 Å². The predicted molar refractivity (Wildman–Crippen MR) is 98.3 cm³/mol. The number of hydrogen-bond donors (Lipinski definition) is 1. The van der Waals surface area contributed by atoms with Crippen LogP contribution in [-0.4, -0.2) is 41.5 Å². The van der Waals surface area contributed by atoms with E-state index in [0.717, 1.165) is 42.9 Å². The molecule has 0 saturated heterocycles. The van der Waals surface area contributed by atoms with Crippen LogP contribution in [0.2, 0.25) is 0 Å². The number of aryl methyl sites for hydroxylation is 1. The number of pyridine rings is 1. The second-order valence-electron chi connectivity index (χ2n) is 7.14. The third-order valence-corrected chi connectivity index (χ3v) is 5.18. The van der Waals surface area contributed by atoms with Crippen molar-refractivity contribution in [3.8, 4) is 0 Å². The van der Waals surface area contributed by atoms with E-state index in [-0.39, 0.29) is 5.43 Å². The number of benzene rings is 1. The van der Waals surface area contributed by atoms with Crippen molar-refractivity contribution in [1.29, 1.82) is 0 Å². The molecule has 0 bridgehead atoms. The van der Waals surface area contributed by atoms with Gasteiger partial charge in [-0.15, -0.1) is 0 Å². The Labute approximate surface area is 144 Å². The third-order valence-electron chi connectivity index (χ3n) is 5.18. The van der Waals surface area contributed by atoms with Crippen LogP contribution in [0.15, 0.2) is 35.3 Å². The lowest BCUT2D eigenvalue weighted by molar-refractivity contribution is 0.157. The van der Waals surface area contributed by atoms with Gasteiger partial charge >= 0.3 is 0 Å². The first kappa shape index (κ1) is 16.9. The van der Waals surface area contributed by atoms with Gasteiger partial charge in [-0.3, -0.25) is 14.6 Å². The van der Waals surface area contributed by atoms with Crippen molar-refractivity contribution in [2.24, 2.45) is 0 Å². The normalized spacial score (nSPS) is 18.0. The fourth-order valence-electron chi connectivity index (χ4n) is 3.58. The van der Waals surface area contributed by atoms with Crippen LogP contribution in [-0.2, 0) is 19.5 Å². The van der Waals surface area contributed by atoms with Crippen LogP contribution in [0, 0.1) is 13.8 Å². The van der Waals surface area contributed by atoms with Crippen LogP contribution in [0.1, 0.15) is 27.9 Å². The van der Waals surface area contributed by atoms with E-state index in [4.69, 9.17) is 0 Å². The summed E-state index contributed by atoms with van der Waals surface area (Å²) in [4.78, 5) is 20.1. The van der Waals surface area contributed by atoms with Crippen LogP contribution in [0.3, 0.4) is 0 Å². The van der Waals surface area contributed by atoms with Gasteiger partial charge in [0, 0.05) is 48.7 Å². The Morgan fingerprint density at radius 3 is 2.71 bits per heavy atom. The summed E-state index contributed by atoms with van der Waals surface area (Å²) in [5, 5.41) is 0. The second-order valence-corrected chi connectivity index (χ2v) is 7.14. The van der Waals surface area contributed by atoms with E-state index in [1.54, 1.807) is 0 Å². The Morgan fingerprint density at radius 2 is 1.96 bits per heavy atom. The average Bonchev–Trinajstić information content (AvgIpc) is 2.56. The summed E-state index contributed by atoms with van der Waals surface area (Å²) in [6.07, 6.45) is 2.90. The Hall–Kier alpha value is -1.91. The minimum absolute atomic E-state index is 0.154. The Bertz CT molecular complexity index is 781. The summed E-state index contributed by atoms with van der Waals surface area (Å²) >= 11 is 0. The molecule has 0 radical (unpaired) electrons.